The van der Waals surface area contributed by atoms with Crippen LogP contribution in [0.5, 0.6) is 0 Å². The molecule has 1 saturated heterocycles. The van der Waals surface area contributed by atoms with E-state index in [9.17, 15) is 18.3 Å². The van der Waals surface area contributed by atoms with Crippen LogP contribution in [-0.4, -0.2) is 48.2 Å². The SMILES string of the molecule is CCCC1(O)CN(CCOC(F)(F)F)C1. The van der Waals surface area contributed by atoms with Gasteiger partial charge in [0.1, 0.15) is 0 Å². The molecule has 0 aliphatic carbocycles. The maximum Gasteiger partial charge on any atom is 0.522 e. The van der Waals surface area contributed by atoms with Crippen molar-refractivity contribution in [2.24, 2.45) is 0 Å². The van der Waals surface area contributed by atoms with Crippen molar-refractivity contribution in [1.29, 1.82) is 0 Å². The Morgan fingerprint density at radius 1 is 1.40 bits per heavy atom. The topological polar surface area (TPSA) is 32.7 Å². The Bertz CT molecular complexity index is 202. The van der Waals surface area contributed by atoms with Crippen LogP contribution in [0.3, 0.4) is 0 Å². The molecule has 1 aliphatic rings. The molecule has 0 aromatic carbocycles. The number of hydrogen-bond donors (Lipinski definition) is 1. The number of halogens is 3. The molecule has 1 heterocycles. The van der Waals surface area contributed by atoms with Crippen molar-refractivity contribution in [1.82, 2.24) is 4.90 Å². The molecule has 1 N–H and O–H groups in total. The van der Waals surface area contributed by atoms with Gasteiger partial charge >= 0.3 is 6.36 Å². The first kappa shape index (κ1) is 12.7. The van der Waals surface area contributed by atoms with E-state index in [0.717, 1.165) is 6.42 Å². The lowest BCUT2D eigenvalue weighted by Gasteiger charge is -2.46. The summed E-state index contributed by atoms with van der Waals surface area (Å²) >= 11 is 0. The van der Waals surface area contributed by atoms with E-state index in [4.69, 9.17) is 0 Å². The average molecular weight is 227 g/mol. The Hall–Kier alpha value is -0.330. The summed E-state index contributed by atoms with van der Waals surface area (Å²) in [5, 5.41) is 9.73. The molecule has 15 heavy (non-hydrogen) atoms. The van der Waals surface area contributed by atoms with E-state index in [0.29, 0.717) is 19.5 Å². The molecule has 0 bridgehead atoms. The molecule has 0 saturated carbocycles. The fourth-order valence-electron chi connectivity index (χ4n) is 1.86. The minimum atomic E-state index is -4.55. The molecule has 0 spiro atoms. The van der Waals surface area contributed by atoms with Gasteiger partial charge < -0.3 is 5.11 Å². The van der Waals surface area contributed by atoms with Crippen molar-refractivity contribution < 1.29 is 23.0 Å². The van der Waals surface area contributed by atoms with Gasteiger partial charge in [-0.3, -0.25) is 9.64 Å². The highest BCUT2D eigenvalue weighted by atomic mass is 19.4. The summed E-state index contributed by atoms with van der Waals surface area (Å²) in [7, 11) is 0. The quantitative estimate of drug-likeness (QED) is 0.770. The van der Waals surface area contributed by atoms with Crippen molar-refractivity contribution in [3.8, 4) is 0 Å². The Balaban J connectivity index is 2.08. The first-order valence-electron chi connectivity index (χ1n) is 5.00. The van der Waals surface area contributed by atoms with E-state index in [1.807, 2.05) is 6.92 Å². The van der Waals surface area contributed by atoms with Crippen molar-refractivity contribution in [3.63, 3.8) is 0 Å². The monoisotopic (exact) mass is 227 g/mol. The van der Waals surface area contributed by atoms with Gasteiger partial charge in [0.2, 0.25) is 0 Å². The number of aliphatic hydroxyl groups is 1. The number of hydrogen-bond acceptors (Lipinski definition) is 3. The van der Waals surface area contributed by atoms with Crippen LogP contribution in [0.1, 0.15) is 19.8 Å². The van der Waals surface area contributed by atoms with Gasteiger partial charge in [0, 0.05) is 19.6 Å². The highest BCUT2D eigenvalue weighted by Crippen LogP contribution is 2.25. The molecular formula is C9H16F3NO2. The number of alkyl halides is 3. The van der Waals surface area contributed by atoms with E-state index in [1.54, 1.807) is 4.90 Å². The number of likely N-dealkylation sites (tertiary alicyclic amines) is 1. The van der Waals surface area contributed by atoms with Crippen LogP contribution in [0.25, 0.3) is 0 Å². The highest BCUT2D eigenvalue weighted by Gasteiger charge is 2.40. The van der Waals surface area contributed by atoms with Crippen LogP contribution in [0.2, 0.25) is 0 Å². The van der Waals surface area contributed by atoms with Gasteiger partial charge in [-0.25, -0.2) is 0 Å². The Kier molecular flexibility index (Phi) is 3.97. The summed E-state index contributed by atoms with van der Waals surface area (Å²) in [5.74, 6) is 0. The summed E-state index contributed by atoms with van der Waals surface area (Å²) in [6, 6.07) is 0. The molecular weight excluding hydrogens is 211 g/mol. The minimum absolute atomic E-state index is 0.214. The van der Waals surface area contributed by atoms with Gasteiger partial charge in [-0.1, -0.05) is 13.3 Å². The van der Waals surface area contributed by atoms with Crippen LogP contribution in [0, 0.1) is 0 Å². The third kappa shape index (κ3) is 4.36. The summed E-state index contributed by atoms with van der Waals surface area (Å²) in [5.41, 5.74) is -0.688. The Morgan fingerprint density at radius 2 is 2.00 bits per heavy atom. The van der Waals surface area contributed by atoms with Crippen LogP contribution in [0.15, 0.2) is 0 Å². The minimum Gasteiger partial charge on any atom is -0.387 e. The van der Waals surface area contributed by atoms with Crippen LogP contribution < -0.4 is 0 Å². The van der Waals surface area contributed by atoms with Gasteiger partial charge in [-0.2, -0.15) is 0 Å². The molecule has 0 atom stereocenters. The Morgan fingerprint density at radius 3 is 2.47 bits per heavy atom. The molecule has 6 heteroatoms. The standard InChI is InChI=1S/C9H16F3NO2/c1-2-3-8(14)6-13(7-8)4-5-15-9(10,11)12/h14H,2-7H2,1H3. The highest BCUT2D eigenvalue weighted by molar-refractivity contribution is 4.94. The lowest BCUT2D eigenvalue weighted by atomic mass is 9.89. The molecule has 1 aliphatic heterocycles. The molecule has 1 fully saturated rings. The summed E-state index contributed by atoms with van der Waals surface area (Å²) in [6.07, 6.45) is -2.97. The van der Waals surface area contributed by atoms with Crippen LogP contribution in [-0.2, 0) is 4.74 Å². The largest absolute Gasteiger partial charge is 0.522 e. The zero-order valence-electron chi connectivity index (χ0n) is 8.68. The predicted octanol–water partition coefficient (Wildman–Crippen LogP) is 1.37. The number of nitrogens with zero attached hydrogens (tertiary/aromatic N) is 1. The average Bonchev–Trinajstić information content (AvgIpc) is 1.99. The molecule has 0 aromatic heterocycles. The maximum absolute atomic E-state index is 11.6. The molecule has 90 valence electrons. The summed E-state index contributed by atoms with van der Waals surface area (Å²) in [4.78, 5) is 1.75. The fourth-order valence-corrected chi connectivity index (χ4v) is 1.86. The fraction of sp³-hybridized carbons (Fsp3) is 1.00. The number of β-amino-alcohol motifs (C(OH)–C–C–N with tert-alkyl or cyclic N) is 1. The van der Waals surface area contributed by atoms with E-state index in [2.05, 4.69) is 4.74 Å². The predicted molar refractivity (Wildman–Crippen MR) is 48.3 cm³/mol. The van der Waals surface area contributed by atoms with Gasteiger partial charge in [0.05, 0.1) is 12.2 Å². The number of ether oxygens (including phenoxy) is 1. The molecule has 0 amide bonds. The third-order valence-electron chi connectivity index (χ3n) is 2.42. The number of rotatable bonds is 5. The van der Waals surface area contributed by atoms with Gasteiger partial charge in [0.15, 0.2) is 0 Å². The van der Waals surface area contributed by atoms with E-state index < -0.39 is 12.0 Å². The second kappa shape index (κ2) is 4.67. The van der Waals surface area contributed by atoms with Crippen molar-refractivity contribution in [3.05, 3.63) is 0 Å². The van der Waals surface area contributed by atoms with Crippen molar-refractivity contribution in [2.75, 3.05) is 26.2 Å². The molecule has 1 rings (SSSR count). The Labute approximate surface area is 86.8 Å². The molecule has 0 aromatic rings. The molecule has 3 nitrogen and oxygen atoms in total. The van der Waals surface area contributed by atoms with Crippen molar-refractivity contribution in [2.45, 2.75) is 31.7 Å². The second-order valence-corrected chi connectivity index (χ2v) is 3.98. The van der Waals surface area contributed by atoms with Gasteiger partial charge in [-0.05, 0) is 6.42 Å². The maximum atomic E-state index is 11.6. The van der Waals surface area contributed by atoms with Gasteiger partial charge in [-0.15, -0.1) is 13.2 Å². The van der Waals surface area contributed by atoms with Crippen molar-refractivity contribution >= 4 is 0 Å². The normalized spacial score (nSPS) is 21.4. The van der Waals surface area contributed by atoms with Crippen LogP contribution in [0.4, 0.5) is 13.2 Å². The van der Waals surface area contributed by atoms with Gasteiger partial charge in [0.25, 0.3) is 0 Å². The zero-order valence-corrected chi connectivity index (χ0v) is 8.68. The van der Waals surface area contributed by atoms with Crippen LogP contribution >= 0.6 is 0 Å². The smallest absolute Gasteiger partial charge is 0.387 e. The third-order valence-corrected chi connectivity index (χ3v) is 2.42. The lowest BCUT2D eigenvalue weighted by Crippen LogP contribution is -2.62. The zero-order chi connectivity index (χ0) is 11.5. The molecule has 0 radical (unpaired) electrons. The first-order chi connectivity index (χ1) is 6.85. The second-order valence-electron chi connectivity index (χ2n) is 3.98. The van der Waals surface area contributed by atoms with E-state index >= 15 is 0 Å². The first-order valence-corrected chi connectivity index (χ1v) is 5.00. The van der Waals surface area contributed by atoms with E-state index in [-0.39, 0.29) is 13.2 Å². The lowest BCUT2D eigenvalue weighted by molar-refractivity contribution is -0.326. The summed E-state index contributed by atoms with van der Waals surface area (Å²) in [6.45, 7) is 2.70. The molecule has 0 unspecified atom stereocenters. The summed E-state index contributed by atoms with van der Waals surface area (Å²) < 4.78 is 38.5. The van der Waals surface area contributed by atoms with E-state index in [1.165, 1.54) is 0 Å².